The van der Waals surface area contributed by atoms with E-state index in [1.165, 1.54) is 6.07 Å². The number of alkyl halides is 3. The lowest BCUT2D eigenvalue weighted by Gasteiger charge is -2.08. The Hall–Kier alpha value is -1.07. The summed E-state index contributed by atoms with van der Waals surface area (Å²) in [5.41, 5.74) is 0.0236. The summed E-state index contributed by atoms with van der Waals surface area (Å²) >= 11 is 0. The number of aryl methyl sites for hydroxylation is 1. The highest BCUT2D eigenvalue weighted by Crippen LogP contribution is 2.29. The molecule has 0 spiro atoms. The Morgan fingerprint density at radius 2 is 2.00 bits per heavy atom. The Bertz CT molecular complexity index is 312. The molecule has 15 heavy (non-hydrogen) atoms. The summed E-state index contributed by atoms with van der Waals surface area (Å²) in [7, 11) is 0. The van der Waals surface area contributed by atoms with Crippen LogP contribution in [0.2, 0.25) is 0 Å². The van der Waals surface area contributed by atoms with Gasteiger partial charge in [0.05, 0.1) is 12.2 Å². The highest BCUT2D eigenvalue weighted by molar-refractivity contribution is 5.25. The third-order valence-electron chi connectivity index (χ3n) is 1.98. The molecule has 0 aliphatic rings. The van der Waals surface area contributed by atoms with Crippen molar-refractivity contribution in [2.24, 2.45) is 5.90 Å². The van der Waals surface area contributed by atoms with Crippen molar-refractivity contribution in [3.8, 4) is 0 Å². The average Bonchev–Trinajstić information content (AvgIpc) is 2.17. The fraction of sp³-hybridized carbons (Fsp3) is 0.400. The van der Waals surface area contributed by atoms with Crippen LogP contribution in [0.5, 0.6) is 0 Å². The van der Waals surface area contributed by atoms with Gasteiger partial charge in [-0.25, -0.2) is 5.90 Å². The van der Waals surface area contributed by atoms with E-state index in [2.05, 4.69) is 4.84 Å². The van der Waals surface area contributed by atoms with Crippen molar-refractivity contribution in [1.82, 2.24) is 0 Å². The van der Waals surface area contributed by atoms with Crippen LogP contribution in [0.1, 0.15) is 17.5 Å². The number of halogens is 3. The van der Waals surface area contributed by atoms with E-state index in [9.17, 15) is 13.2 Å². The predicted octanol–water partition coefficient (Wildman–Crippen LogP) is 2.53. The number of rotatable bonds is 4. The molecule has 0 heterocycles. The van der Waals surface area contributed by atoms with Crippen molar-refractivity contribution in [2.45, 2.75) is 19.0 Å². The molecular formula is C10H12F3NO. The van der Waals surface area contributed by atoms with Gasteiger partial charge in [-0.05, 0) is 24.5 Å². The van der Waals surface area contributed by atoms with E-state index in [4.69, 9.17) is 5.90 Å². The van der Waals surface area contributed by atoms with E-state index in [0.717, 1.165) is 12.1 Å². The molecule has 1 rings (SSSR count). The summed E-state index contributed by atoms with van der Waals surface area (Å²) in [5, 5.41) is 0. The first kappa shape index (κ1) is 12.0. The van der Waals surface area contributed by atoms with Crippen LogP contribution in [-0.4, -0.2) is 6.61 Å². The molecule has 84 valence electrons. The van der Waals surface area contributed by atoms with Gasteiger partial charge in [-0.2, -0.15) is 13.2 Å². The first-order valence-electron chi connectivity index (χ1n) is 4.52. The molecule has 0 amide bonds. The zero-order chi connectivity index (χ0) is 11.3. The number of nitrogens with two attached hydrogens (primary N) is 1. The maximum Gasteiger partial charge on any atom is 0.416 e. The molecule has 1 aromatic rings. The topological polar surface area (TPSA) is 35.2 Å². The molecule has 1 aromatic carbocycles. The predicted molar refractivity (Wildman–Crippen MR) is 49.9 cm³/mol. The molecule has 0 aliphatic heterocycles. The van der Waals surface area contributed by atoms with Gasteiger partial charge in [0, 0.05) is 0 Å². The molecule has 2 nitrogen and oxygen atoms in total. The Morgan fingerprint density at radius 3 is 2.60 bits per heavy atom. The molecule has 0 unspecified atom stereocenters. The molecule has 0 saturated heterocycles. The summed E-state index contributed by atoms with van der Waals surface area (Å²) in [6.07, 6.45) is -3.14. The second-order valence-electron chi connectivity index (χ2n) is 3.17. The van der Waals surface area contributed by atoms with Gasteiger partial charge >= 0.3 is 6.18 Å². The summed E-state index contributed by atoms with van der Waals surface area (Å²) in [6, 6.07) is 5.27. The van der Waals surface area contributed by atoms with E-state index < -0.39 is 11.7 Å². The zero-order valence-electron chi connectivity index (χ0n) is 8.05. The summed E-state index contributed by atoms with van der Waals surface area (Å²) < 4.78 is 36.9. The highest BCUT2D eigenvalue weighted by atomic mass is 19.4. The van der Waals surface area contributed by atoms with Crippen LogP contribution in [0.3, 0.4) is 0 Å². The molecule has 5 heteroatoms. The summed E-state index contributed by atoms with van der Waals surface area (Å²) in [4.78, 5) is 4.34. The largest absolute Gasteiger partial charge is 0.416 e. The first-order valence-corrected chi connectivity index (χ1v) is 4.52. The smallest absolute Gasteiger partial charge is 0.305 e. The summed E-state index contributed by atoms with van der Waals surface area (Å²) in [5.74, 6) is 4.81. The van der Waals surface area contributed by atoms with Crippen molar-refractivity contribution < 1.29 is 18.0 Å². The van der Waals surface area contributed by atoms with Crippen LogP contribution in [0.15, 0.2) is 24.3 Å². The van der Waals surface area contributed by atoms with Gasteiger partial charge in [-0.3, -0.25) is 0 Å². The fourth-order valence-corrected chi connectivity index (χ4v) is 1.26. The highest BCUT2D eigenvalue weighted by Gasteiger charge is 2.30. The second kappa shape index (κ2) is 5.14. The Morgan fingerprint density at radius 1 is 1.27 bits per heavy atom. The Balaban J connectivity index is 2.66. The van der Waals surface area contributed by atoms with Gasteiger partial charge in [0.1, 0.15) is 0 Å². The molecule has 0 aliphatic carbocycles. The molecule has 0 bridgehead atoms. The van der Waals surface area contributed by atoms with Crippen molar-refractivity contribution in [2.75, 3.05) is 6.61 Å². The molecule has 0 saturated carbocycles. The fourth-order valence-electron chi connectivity index (χ4n) is 1.26. The number of hydrogen-bond donors (Lipinski definition) is 1. The van der Waals surface area contributed by atoms with Crippen molar-refractivity contribution >= 4 is 0 Å². The van der Waals surface area contributed by atoms with Crippen LogP contribution in [0.25, 0.3) is 0 Å². The Kier molecular flexibility index (Phi) is 4.11. The van der Waals surface area contributed by atoms with Crippen LogP contribution in [0, 0.1) is 0 Å². The van der Waals surface area contributed by atoms with E-state index in [1.807, 2.05) is 0 Å². The van der Waals surface area contributed by atoms with Gasteiger partial charge < -0.3 is 4.84 Å². The van der Waals surface area contributed by atoms with Gasteiger partial charge in [0.15, 0.2) is 0 Å². The minimum atomic E-state index is -4.28. The van der Waals surface area contributed by atoms with Crippen molar-refractivity contribution in [3.05, 3.63) is 35.4 Å². The first-order chi connectivity index (χ1) is 7.04. The summed E-state index contributed by atoms with van der Waals surface area (Å²) in [6.45, 7) is 0.343. The van der Waals surface area contributed by atoms with E-state index in [1.54, 1.807) is 6.07 Å². The normalized spacial score (nSPS) is 11.7. The van der Waals surface area contributed by atoms with Gasteiger partial charge in [-0.15, -0.1) is 0 Å². The van der Waals surface area contributed by atoms with Crippen LogP contribution in [-0.2, 0) is 17.4 Å². The minimum Gasteiger partial charge on any atom is -0.305 e. The third kappa shape index (κ3) is 3.89. The zero-order valence-corrected chi connectivity index (χ0v) is 8.05. The average molecular weight is 219 g/mol. The monoisotopic (exact) mass is 219 g/mol. The molecule has 2 N–H and O–H groups in total. The van der Waals surface area contributed by atoms with Gasteiger partial charge in [0.2, 0.25) is 0 Å². The van der Waals surface area contributed by atoms with Gasteiger partial charge in [-0.1, -0.05) is 18.2 Å². The maximum atomic E-state index is 12.3. The SMILES string of the molecule is NOCCCc1cccc(C(F)(F)F)c1. The van der Waals surface area contributed by atoms with Crippen LogP contribution in [0.4, 0.5) is 13.2 Å². The lowest BCUT2D eigenvalue weighted by atomic mass is 10.1. The van der Waals surface area contributed by atoms with Crippen molar-refractivity contribution in [3.63, 3.8) is 0 Å². The Labute approximate surface area is 85.8 Å². The number of hydrogen-bond acceptors (Lipinski definition) is 2. The van der Waals surface area contributed by atoms with E-state index in [0.29, 0.717) is 25.0 Å². The second-order valence-corrected chi connectivity index (χ2v) is 3.17. The quantitative estimate of drug-likeness (QED) is 0.623. The van der Waals surface area contributed by atoms with Gasteiger partial charge in [0.25, 0.3) is 0 Å². The molecule has 0 atom stereocenters. The maximum absolute atomic E-state index is 12.3. The molecule has 0 aromatic heterocycles. The lowest BCUT2D eigenvalue weighted by Crippen LogP contribution is -2.06. The van der Waals surface area contributed by atoms with Crippen LogP contribution >= 0.6 is 0 Å². The molecule has 0 fully saturated rings. The standard InChI is InChI=1S/C10H12F3NO/c11-10(12,13)9-5-1-3-8(7-9)4-2-6-15-14/h1,3,5,7H,2,4,6,14H2. The van der Waals surface area contributed by atoms with Crippen molar-refractivity contribution in [1.29, 1.82) is 0 Å². The molecule has 0 radical (unpaired) electrons. The third-order valence-corrected chi connectivity index (χ3v) is 1.98. The minimum absolute atomic E-state index is 0.343. The number of benzene rings is 1. The van der Waals surface area contributed by atoms with E-state index in [-0.39, 0.29) is 0 Å². The molecular weight excluding hydrogens is 207 g/mol. The lowest BCUT2D eigenvalue weighted by molar-refractivity contribution is -0.137. The van der Waals surface area contributed by atoms with Crippen LogP contribution < -0.4 is 5.90 Å². The van der Waals surface area contributed by atoms with E-state index >= 15 is 0 Å².